The summed E-state index contributed by atoms with van der Waals surface area (Å²) in [6.45, 7) is 1.84. The highest BCUT2D eigenvalue weighted by Crippen LogP contribution is 2.29. The van der Waals surface area contributed by atoms with Crippen molar-refractivity contribution < 1.29 is 9.52 Å². The molecule has 1 heterocycles. The first-order chi connectivity index (χ1) is 8.59. The van der Waals surface area contributed by atoms with Gasteiger partial charge < -0.3 is 15.3 Å². The Morgan fingerprint density at radius 1 is 1.11 bits per heavy atom. The van der Waals surface area contributed by atoms with E-state index in [1.54, 1.807) is 24.3 Å². The van der Waals surface area contributed by atoms with Gasteiger partial charge in [-0.3, -0.25) is 4.79 Å². The van der Waals surface area contributed by atoms with Crippen LogP contribution in [0.15, 0.2) is 39.5 Å². The molecule has 3 rings (SSSR count). The fourth-order valence-electron chi connectivity index (χ4n) is 2.04. The van der Waals surface area contributed by atoms with Crippen LogP contribution in [0, 0.1) is 6.92 Å². The van der Waals surface area contributed by atoms with Crippen molar-refractivity contribution in [2.45, 2.75) is 6.92 Å². The van der Waals surface area contributed by atoms with Crippen LogP contribution >= 0.6 is 0 Å². The van der Waals surface area contributed by atoms with E-state index in [4.69, 9.17) is 10.2 Å². The highest BCUT2D eigenvalue weighted by molar-refractivity contribution is 5.97. The molecule has 0 unspecified atom stereocenters. The largest absolute Gasteiger partial charge is 0.504 e. The first-order valence-electron chi connectivity index (χ1n) is 5.53. The molecule has 0 aliphatic rings. The second kappa shape index (κ2) is 3.50. The van der Waals surface area contributed by atoms with Gasteiger partial charge in [0.2, 0.25) is 5.43 Å². The molecule has 0 saturated heterocycles. The molecule has 0 radical (unpaired) electrons. The Bertz CT molecular complexity index is 834. The second-order valence-electron chi connectivity index (χ2n) is 4.26. The minimum atomic E-state index is -0.186. The number of benzene rings is 2. The fraction of sp³-hybridized carbons (Fsp3) is 0.0714. The number of aryl methyl sites for hydroxylation is 1. The Morgan fingerprint density at radius 3 is 2.61 bits per heavy atom. The SMILES string of the molecule is Cc1ccc2c(=O)c3cccc(O)c3oc2c1N. The summed E-state index contributed by atoms with van der Waals surface area (Å²) in [5.74, 6) is -0.0626. The molecular weight excluding hydrogens is 230 g/mol. The summed E-state index contributed by atoms with van der Waals surface area (Å²) in [5, 5.41) is 10.5. The van der Waals surface area contributed by atoms with E-state index >= 15 is 0 Å². The molecular formula is C14H11NO3. The van der Waals surface area contributed by atoms with E-state index in [0.717, 1.165) is 5.56 Å². The smallest absolute Gasteiger partial charge is 0.200 e. The third-order valence-electron chi connectivity index (χ3n) is 3.10. The molecule has 0 saturated carbocycles. The molecule has 2 aromatic carbocycles. The molecule has 4 heteroatoms. The number of phenols is 1. The van der Waals surface area contributed by atoms with Gasteiger partial charge in [-0.1, -0.05) is 12.1 Å². The zero-order chi connectivity index (χ0) is 12.9. The molecule has 0 aliphatic carbocycles. The molecule has 90 valence electrons. The van der Waals surface area contributed by atoms with E-state index < -0.39 is 0 Å². The summed E-state index contributed by atoms with van der Waals surface area (Å²) in [6.07, 6.45) is 0. The van der Waals surface area contributed by atoms with Crippen molar-refractivity contribution in [2.24, 2.45) is 0 Å². The highest BCUT2D eigenvalue weighted by atomic mass is 16.4. The lowest BCUT2D eigenvalue weighted by Gasteiger charge is -2.06. The molecule has 0 bridgehead atoms. The number of anilines is 1. The maximum absolute atomic E-state index is 12.3. The lowest BCUT2D eigenvalue weighted by atomic mass is 10.1. The zero-order valence-electron chi connectivity index (χ0n) is 9.73. The number of rotatable bonds is 0. The van der Waals surface area contributed by atoms with Crippen LogP contribution in [0.3, 0.4) is 0 Å². The molecule has 18 heavy (non-hydrogen) atoms. The average Bonchev–Trinajstić information content (AvgIpc) is 2.36. The van der Waals surface area contributed by atoms with E-state index in [-0.39, 0.29) is 16.8 Å². The van der Waals surface area contributed by atoms with Crippen LogP contribution in [0.5, 0.6) is 5.75 Å². The zero-order valence-corrected chi connectivity index (χ0v) is 9.73. The van der Waals surface area contributed by atoms with Gasteiger partial charge in [0.05, 0.1) is 16.5 Å². The van der Waals surface area contributed by atoms with Crippen molar-refractivity contribution in [3.05, 3.63) is 46.1 Å². The van der Waals surface area contributed by atoms with Crippen molar-refractivity contribution in [3.8, 4) is 5.75 Å². The molecule has 0 aliphatic heterocycles. The monoisotopic (exact) mass is 241 g/mol. The van der Waals surface area contributed by atoms with E-state index in [9.17, 15) is 9.90 Å². The Kier molecular flexibility index (Phi) is 2.07. The fourth-order valence-corrected chi connectivity index (χ4v) is 2.04. The van der Waals surface area contributed by atoms with Gasteiger partial charge >= 0.3 is 0 Å². The molecule has 1 aromatic heterocycles. The third-order valence-corrected chi connectivity index (χ3v) is 3.10. The van der Waals surface area contributed by atoms with Gasteiger partial charge in [0.15, 0.2) is 16.9 Å². The van der Waals surface area contributed by atoms with Crippen molar-refractivity contribution in [3.63, 3.8) is 0 Å². The maximum Gasteiger partial charge on any atom is 0.200 e. The molecule has 3 aromatic rings. The lowest BCUT2D eigenvalue weighted by Crippen LogP contribution is -2.04. The predicted octanol–water partition coefficient (Wildman–Crippen LogP) is 2.54. The van der Waals surface area contributed by atoms with Gasteiger partial charge in [0.1, 0.15) is 0 Å². The first-order valence-corrected chi connectivity index (χ1v) is 5.53. The molecule has 0 atom stereocenters. The number of nitrogen functional groups attached to an aromatic ring is 1. The Balaban J connectivity index is 2.66. The van der Waals surface area contributed by atoms with Crippen molar-refractivity contribution >= 4 is 27.6 Å². The summed E-state index contributed by atoms with van der Waals surface area (Å²) < 4.78 is 5.59. The number of hydrogen-bond acceptors (Lipinski definition) is 4. The van der Waals surface area contributed by atoms with Crippen LogP contribution in [0.4, 0.5) is 5.69 Å². The highest BCUT2D eigenvalue weighted by Gasteiger charge is 2.13. The summed E-state index contributed by atoms with van der Waals surface area (Å²) >= 11 is 0. The standard InChI is InChI=1S/C14H11NO3/c1-7-5-6-9-12(17)8-3-2-4-10(16)13(8)18-14(9)11(7)15/h2-6,16H,15H2,1H3. The van der Waals surface area contributed by atoms with Crippen LogP contribution < -0.4 is 11.2 Å². The first kappa shape index (κ1) is 10.7. The van der Waals surface area contributed by atoms with E-state index in [0.29, 0.717) is 22.0 Å². The van der Waals surface area contributed by atoms with Gasteiger partial charge in [-0.25, -0.2) is 0 Å². The Hall–Kier alpha value is -2.49. The van der Waals surface area contributed by atoms with Crippen molar-refractivity contribution in [1.82, 2.24) is 0 Å². The van der Waals surface area contributed by atoms with Gasteiger partial charge in [0.25, 0.3) is 0 Å². The minimum Gasteiger partial charge on any atom is -0.504 e. The third kappa shape index (κ3) is 1.29. The van der Waals surface area contributed by atoms with Crippen LogP contribution in [0.25, 0.3) is 21.9 Å². The van der Waals surface area contributed by atoms with Gasteiger partial charge in [0, 0.05) is 0 Å². The lowest BCUT2D eigenvalue weighted by molar-refractivity contribution is 0.468. The van der Waals surface area contributed by atoms with Crippen LogP contribution in [-0.4, -0.2) is 5.11 Å². The maximum atomic E-state index is 12.3. The van der Waals surface area contributed by atoms with Crippen molar-refractivity contribution in [1.29, 1.82) is 0 Å². The topological polar surface area (TPSA) is 76.5 Å². The van der Waals surface area contributed by atoms with E-state index in [1.165, 1.54) is 6.07 Å². The van der Waals surface area contributed by atoms with Crippen molar-refractivity contribution in [2.75, 3.05) is 5.73 Å². The van der Waals surface area contributed by atoms with E-state index in [2.05, 4.69) is 0 Å². The Labute approximate surface area is 102 Å². The van der Waals surface area contributed by atoms with Crippen LogP contribution in [0.2, 0.25) is 0 Å². The summed E-state index contributed by atoms with van der Waals surface area (Å²) in [7, 11) is 0. The quantitative estimate of drug-likeness (QED) is 0.468. The predicted molar refractivity (Wildman–Crippen MR) is 70.8 cm³/mol. The minimum absolute atomic E-state index is 0.0626. The molecule has 4 nitrogen and oxygen atoms in total. The molecule has 3 N–H and O–H groups in total. The summed E-state index contributed by atoms with van der Waals surface area (Å²) in [5.41, 5.74) is 7.49. The van der Waals surface area contributed by atoms with Crippen LogP contribution in [-0.2, 0) is 0 Å². The number of fused-ring (bicyclic) bond motifs is 2. The number of para-hydroxylation sites is 1. The average molecular weight is 241 g/mol. The summed E-state index contributed by atoms with van der Waals surface area (Å²) in [6, 6.07) is 8.18. The second-order valence-corrected chi connectivity index (χ2v) is 4.26. The number of nitrogens with two attached hydrogens (primary N) is 1. The number of aromatic hydroxyl groups is 1. The summed E-state index contributed by atoms with van der Waals surface area (Å²) in [4.78, 5) is 12.3. The number of hydrogen-bond donors (Lipinski definition) is 2. The molecule has 0 amide bonds. The van der Waals surface area contributed by atoms with Gasteiger partial charge in [-0.15, -0.1) is 0 Å². The van der Waals surface area contributed by atoms with E-state index in [1.807, 2.05) is 6.92 Å². The molecule has 0 spiro atoms. The van der Waals surface area contributed by atoms with Gasteiger partial charge in [-0.05, 0) is 30.7 Å². The number of phenolic OH excluding ortho intramolecular Hbond substituents is 1. The molecule has 0 fully saturated rings. The normalized spacial score (nSPS) is 11.2. The van der Waals surface area contributed by atoms with Crippen LogP contribution in [0.1, 0.15) is 5.56 Å². The Morgan fingerprint density at radius 2 is 1.83 bits per heavy atom. The van der Waals surface area contributed by atoms with Gasteiger partial charge in [-0.2, -0.15) is 0 Å².